The molecule has 0 aliphatic heterocycles. The van der Waals surface area contributed by atoms with Crippen LogP contribution in [0.3, 0.4) is 0 Å². The number of carbonyl (C=O) groups is 1. The number of anilines is 1. The number of hydrogen-bond acceptors (Lipinski definition) is 2. The largest absolute Gasteiger partial charge is 0.478 e. The first kappa shape index (κ1) is 13.6. The van der Waals surface area contributed by atoms with Gasteiger partial charge in [-0.2, -0.15) is 0 Å². The minimum absolute atomic E-state index is 0.101. The fraction of sp³-hybridized carbons (Fsp3) is 0.182. The molecule has 0 bridgehead atoms. The summed E-state index contributed by atoms with van der Waals surface area (Å²) in [6.45, 7) is 1.75. The summed E-state index contributed by atoms with van der Waals surface area (Å²) < 4.78 is 26.4. The third-order valence-electron chi connectivity index (χ3n) is 1.92. The molecule has 0 spiro atoms. The van der Waals surface area contributed by atoms with Crippen molar-refractivity contribution in [2.45, 2.75) is 6.92 Å². The second kappa shape index (κ2) is 5.77. The topological polar surface area (TPSA) is 49.3 Å². The highest BCUT2D eigenvalue weighted by Gasteiger charge is 2.09. The molecule has 17 heavy (non-hydrogen) atoms. The summed E-state index contributed by atoms with van der Waals surface area (Å²) in [7, 11) is 0. The fourth-order valence-corrected chi connectivity index (χ4v) is 1.75. The lowest BCUT2D eigenvalue weighted by atomic mass is 10.2. The molecule has 2 N–H and O–H groups in total. The zero-order chi connectivity index (χ0) is 13.0. The Morgan fingerprint density at radius 2 is 2.18 bits per heavy atom. The number of nitrogens with one attached hydrogen (secondary N) is 1. The Bertz CT molecular complexity index is 452. The minimum atomic E-state index is -1.07. The lowest BCUT2D eigenvalue weighted by Gasteiger charge is -2.09. The molecule has 0 atom stereocenters. The number of aliphatic carboxylic acids is 1. The first-order valence-electron chi connectivity index (χ1n) is 4.68. The van der Waals surface area contributed by atoms with Gasteiger partial charge in [0.05, 0.1) is 5.69 Å². The lowest BCUT2D eigenvalue weighted by molar-refractivity contribution is -0.131. The minimum Gasteiger partial charge on any atom is -0.478 e. The van der Waals surface area contributed by atoms with Crippen LogP contribution in [0, 0.1) is 11.6 Å². The van der Waals surface area contributed by atoms with E-state index in [1.54, 1.807) is 6.92 Å². The molecule has 0 amide bonds. The average molecular weight is 306 g/mol. The van der Waals surface area contributed by atoms with Gasteiger partial charge < -0.3 is 10.4 Å². The van der Waals surface area contributed by atoms with Crippen molar-refractivity contribution in [3.63, 3.8) is 0 Å². The Balaban J connectivity index is 2.80. The van der Waals surface area contributed by atoms with Crippen LogP contribution in [-0.4, -0.2) is 17.6 Å². The smallest absolute Gasteiger partial charge is 0.328 e. The van der Waals surface area contributed by atoms with Gasteiger partial charge in [0.2, 0.25) is 0 Å². The number of rotatable bonds is 4. The molecule has 0 radical (unpaired) electrons. The van der Waals surface area contributed by atoms with Gasteiger partial charge in [0, 0.05) is 23.2 Å². The Morgan fingerprint density at radius 1 is 1.53 bits per heavy atom. The van der Waals surface area contributed by atoms with E-state index in [2.05, 4.69) is 21.2 Å². The summed E-state index contributed by atoms with van der Waals surface area (Å²) in [5.41, 5.74) is 0.623. The highest BCUT2D eigenvalue weighted by Crippen LogP contribution is 2.26. The van der Waals surface area contributed by atoms with E-state index in [1.165, 1.54) is 0 Å². The van der Waals surface area contributed by atoms with Crippen molar-refractivity contribution in [2.75, 3.05) is 11.9 Å². The van der Waals surface area contributed by atoms with E-state index >= 15 is 0 Å². The first-order valence-corrected chi connectivity index (χ1v) is 5.48. The van der Waals surface area contributed by atoms with Crippen LogP contribution >= 0.6 is 15.9 Å². The second-order valence-corrected chi connectivity index (χ2v) is 4.28. The predicted octanol–water partition coefficient (Wildman–Crippen LogP) is 3.17. The van der Waals surface area contributed by atoms with Crippen molar-refractivity contribution in [1.82, 2.24) is 0 Å². The van der Waals surface area contributed by atoms with Gasteiger partial charge >= 0.3 is 5.97 Å². The summed E-state index contributed by atoms with van der Waals surface area (Å²) >= 11 is 3.02. The van der Waals surface area contributed by atoms with Gasteiger partial charge in [0.25, 0.3) is 0 Å². The van der Waals surface area contributed by atoms with Crippen molar-refractivity contribution in [2.24, 2.45) is 0 Å². The van der Waals surface area contributed by atoms with E-state index in [9.17, 15) is 13.6 Å². The van der Waals surface area contributed by atoms with Gasteiger partial charge in [-0.05, 0) is 34.5 Å². The Hall–Kier alpha value is -1.43. The average Bonchev–Trinajstić information content (AvgIpc) is 2.14. The number of carboxylic acids is 1. The molecular weight excluding hydrogens is 296 g/mol. The summed E-state index contributed by atoms with van der Waals surface area (Å²) in [6.07, 6.45) is 1.02. The molecule has 0 fully saturated rings. The molecule has 6 heteroatoms. The van der Waals surface area contributed by atoms with Crippen LogP contribution < -0.4 is 5.32 Å². The molecular formula is C11H10BrF2NO2. The molecule has 3 nitrogen and oxygen atoms in total. The van der Waals surface area contributed by atoms with Crippen LogP contribution in [0.25, 0.3) is 0 Å². The SMILES string of the molecule is CC(=CC(=O)O)CNc1c(F)cc(F)cc1Br. The highest BCUT2D eigenvalue weighted by atomic mass is 79.9. The quantitative estimate of drug-likeness (QED) is 0.840. The van der Waals surface area contributed by atoms with E-state index in [0.717, 1.165) is 18.2 Å². The van der Waals surface area contributed by atoms with Crippen molar-refractivity contribution < 1.29 is 18.7 Å². The van der Waals surface area contributed by atoms with Gasteiger partial charge in [0.15, 0.2) is 0 Å². The molecule has 1 rings (SSSR count). The zero-order valence-electron chi connectivity index (χ0n) is 8.93. The summed E-state index contributed by atoms with van der Waals surface area (Å²) in [6, 6.07) is 1.88. The van der Waals surface area contributed by atoms with Crippen molar-refractivity contribution in [3.8, 4) is 0 Å². The monoisotopic (exact) mass is 305 g/mol. The maximum atomic E-state index is 13.4. The van der Waals surface area contributed by atoms with Crippen molar-refractivity contribution in [3.05, 3.63) is 39.9 Å². The fourth-order valence-electron chi connectivity index (χ4n) is 1.20. The predicted molar refractivity (Wildman–Crippen MR) is 63.9 cm³/mol. The Kier molecular flexibility index (Phi) is 4.62. The van der Waals surface area contributed by atoms with E-state index in [-0.39, 0.29) is 16.7 Å². The summed E-state index contributed by atoms with van der Waals surface area (Å²) in [5.74, 6) is -2.49. The molecule has 0 aliphatic rings. The van der Waals surface area contributed by atoms with Crippen molar-refractivity contribution in [1.29, 1.82) is 0 Å². The molecule has 92 valence electrons. The number of benzene rings is 1. The normalized spacial score (nSPS) is 11.4. The Labute approximate surface area is 105 Å². The van der Waals surface area contributed by atoms with Crippen LogP contribution in [0.2, 0.25) is 0 Å². The number of halogens is 3. The molecule has 1 aromatic rings. The number of hydrogen-bond donors (Lipinski definition) is 2. The van der Waals surface area contributed by atoms with Crippen molar-refractivity contribution >= 4 is 27.6 Å². The third-order valence-corrected chi connectivity index (χ3v) is 2.55. The van der Waals surface area contributed by atoms with Crippen LogP contribution in [-0.2, 0) is 4.79 Å². The summed E-state index contributed by atoms with van der Waals surface area (Å²) in [4.78, 5) is 10.4. The van der Waals surface area contributed by atoms with Gasteiger partial charge in [-0.25, -0.2) is 13.6 Å². The van der Waals surface area contributed by atoms with E-state index in [1.807, 2.05) is 0 Å². The van der Waals surface area contributed by atoms with E-state index in [4.69, 9.17) is 5.11 Å². The van der Waals surface area contributed by atoms with Crippen LogP contribution in [0.15, 0.2) is 28.3 Å². The van der Waals surface area contributed by atoms with E-state index < -0.39 is 17.6 Å². The maximum Gasteiger partial charge on any atom is 0.328 e. The first-order chi connectivity index (χ1) is 7.90. The molecule has 0 saturated heterocycles. The van der Waals surface area contributed by atoms with E-state index in [0.29, 0.717) is 5.57 Å². The zero-order valence-corrected chi connectivity index (χ0v) is 10.5. The molecule has 0 heterocycles. The summed E-state index contributed by atoms with van der Waals surface area (Å²) in [5, 5.41) is 11.2. The lowest BCUT2D eigenvalue weighted by Crippen LogP contribution is -2.07. The molecule has 0 aromatic heterocycles. The third kappa shape index (κ3) is 4.14. The van der Waals surface area contributed by atoms with Gasteiger partial charge in [0.1, 0.15) is 11.6 Å². The molecule has 0 saturated carbocycles. The van der Waals surface area contributed by atoms with Crippen LogP contribution in [0.1, 0.15) is 6.92 Å². The standard InChI is InChI=1S/C11H10BrF2NO2/c1-6(2-10(16)17)5-15-11-8(12)3-7(13)4-9(11)14/h2-4,15H,5H2,1H3,(H,16,17). The van der Waals surface area contributed by atoms with Gasteiger partial charge in [-0.1, -0.05) is 0 Å². The number of carboxylic acid groups (broad SMARTS) is 1. The maximum absolute atomic E-state index is 13.4. The highest BCUT2D eigenvalue weighted by molar-refractivity contribution is 9.10. The van der Waals surface area contributed by atoms with Crippen LogP contribution in [0.5, 0.6) is 0 Å². The second-order valence-electron chi connectivity index (χ2n) is 3.43. The molecule has 0 unspecified atom stereocenters. The van der Waals surface area contributed by atoms with Gasteiger partial charge in [-0.15, -0.1) is 0 Å². The van der Waals surface area contributed by atoms with Gasteiger partial charge in [-0.3, -0.25) is 0 Å². The molecule has 0 aliphatic carbocycles. The Morgan fingerprint density at radius 3 is 2.71 bits per heavy atom. The molecule has 1 aromatic carbocycles. The van der Waals surface area contributed by atoms with Crippen LogP contribution in [0.4, 0.5) is 14.5 Å².